The van der Waals surface area contributed by atoms with Crippen LogP contribution in [0.25, 0.3) is 11.1 Å². The Bertz CT molecular complexity index is 1150. The SMILES string of the molecule is C=CC[C@H](NC(=O)OCC1c2ccccc2-c2ccccc21)C(=O)N[C@@H](CCCCN)C(=O)NCC(=O)OCC. The minimum absolute atomic E-state index is 0.0975. The van der Waals surface area contributed by atoms with Crippen LogP contribution in [0.4, 0.5) is 4.79 Å². The van der Waals surface area contributed by atoms with E-state index in [0.717, 1.165) is 22.3 Å². The van der Waals surface area contributed by atoms with E-state index in [1.54, 1.807) is 6.92 Å². The monoisotopic (exact) mass is 550 g/mol. The second-order valence-electron chi connectivity index (χ2n) is 9.42. The molecular weight excluding hydrogens is 512 g/mol. The van der Waals surface area contributed by atoms with Crippen LogP contribution in [0.3, 0.4) is 0 Å². The minimum Gasteiger partial charge on any atom is -0.465 e. The number of rotatable bonds is 15. The van der Waals surface area contributed by atoms with Gasteiger partial charge in [0, 0.05) is 5.92 Å². The second kappa shape index (κ2) is 15.4. The van der Waals surface area contributed by atoms with Gasteiger partial charge < -0.3 is 31.2 Å². The molecule has 0 aliphatic heterocycles. The lowest BCUT2D eigenvalue weighted by Crippen LogP contribution is -2.54. The van der Waals surface area contributed by atoms with Gasteiger partial charge in [-0.3, -0.25) is 14.4 Å². The van der Waals surface area contributed by atoms with Crippen LogP contribution in [-0.4, -0.2) is 62.3 Å². The summed E-state index contributed by atoms with van der Waals surface area (Å²) in [5.74, 6) is -1.81. The highest BCUT2D eigenvalue weighted by molar-refractivity contribution is 5.92. The lowest BCUT2D eigenvalue weighted by Gasteiger charge is -2.23. The number of carbonyl (C=O) groups is 4. The number of amides is 3. The zero-order chi connectivity index (χ0) is 28.9. The van der Waals surface area contributed by atoms with Gasteiger partial charge in [-0.05, 0) is 61.4 Å². The van der Waals surface area contributed by atoms with E-state index in [4.69, 9.17) is 15.2 Å². The van der Waals surface area contributed by atoms with Gasteiger partial charge in [0.1, 0.15) is 25.2 Å². The number of benzene rings is 2. The first-order valence-electron chi connectivity index (χ1n) is 13.6. The summed E-state index contributed by atoms with van der Waals surface area (Å²) in [6.07, 6.45) is 2.42. The van der Waals surface area contributed by atoms with Crippen LogP contribution in [-0.2, 0) is 23.9 Å². The van der Waals surface area contributed by atoms with Crippen molar-refractivity contribution in [2.75, 3.05) is 26.3 Å². The van der Waals surface area contributed by atoms with Crippen LogP contribution in [0.15, 0.2) is 61.2 Å². The Labute approximate surface area is 234 Å². The predicted octanol–water partition coefficient (Wildman–Crippen LogP) is 2.76. The van der Waals surface area contributed by atoms with E-state index in [2.05, 4.69) is 22.5 Å². The molecule has 10 heteroatoms. The summed E-state index contributed by atoms with van der Waals surface area (Å²) in [5, 5.41) is 7.77. The topological polar surface area (TPSA) is 149 Å². The number of hydrogen-bond donors (Lipinski definition) is 4. The molecular formula is C30H38N4O6. The van der Waals surface area contributed by atoms with Crippen molar-refractivity contribution >= 4 is 23.9 Å². The van der Waals surface area contributed by atoms with Gasteiger partial charge in [0.2, 0.25) is 11.8 Å². The van der Waals surface area contributed by atoms with Gasteiger partial charge in [0.25, 0.3) is 0 Å². The first-order chi connectivity index (χ1) is 19.4. The van der Waals surface area contributed by atoms with Crippen molar-refractivity contribution in [2.24, 2.45) is 5.73 Å². The standard InChI is InChI=1S/C30H38N4O6/c1-3-11-25(29(37)33-26(16-9-10-17-31)28(36)32-18-27(35)39-4-2)34-30(38)40-19-24-22-14-7-5-12-20(22)21-13-6-8-15-23(21)24/h3,5-8,12-15,24-26H,1,4,9-11,16-19,31H2,2H3,(H,32,36)(H,33,37)(H,34,38)/t25-,26-/m0/s1. The Morgan fingerprint density at radius 2 is 1.57 bits per heavy atom. The minimum atomic E-state index is -1.01. The summed E-state index contributed by atoms with van der Waals surface area (Å²) in [5.41, 5.74) is 9.94. The van der Waals surface area contributed by atoms with E-state index < -0.39 is 36.0 Å². The van der Waals surface area contributed by atoms with E-state index in [1.807, 2.05) is 48.5 Å². The summed E-state index contributed by atoms with van der Waals surface area (Å²) < 4.78 is 10.4. The van der Waals surface area contributed by atoms with Crippen molar-refractivity contribution in [3.63, 3.8) is 0 Å². The number of nitrogens with two attached hydrogens (primary N) is 1. The highest BCUT2D eigenvalue weighted by Crippen LogP contribution is 2.44. The van der Waals surface area contributed by atoms with Gasteiger partial charge in [-0.15, -0.1) is 6.58 Å². The first-order valence-corrected chi connectivity index (χ1v) is 13.6. The van der Waals surface area contributed by atoms with Gasteiger partial charge in [-0.1, -0.05) is 54.6 Å². The molecule has 10 nitrogen and oxygen atoms in total. The quantitative estimate of drug-likeness (QED) is 0.151. The summed E-state index contributed by atoms with van der Waals surface area (Å²) in [6.45, 7) is 5.75. The number of carbonyl (C=O) groups excluding carboxylic acids is 4. The van der Waals surface area contributed by atoms with Gasteiger partial charge in [0.05, 0.1) is 6.61 Å². The fourth-order valence-electron chi connectivity index (χ4n) is 4.71. The van der Waals surface area contributed by atoms with Crippen LogP contribution in [0.1, 0.15) is 49.7 Å². The van der Waals surface area contributed by atoms with Crippen molar-refractivity contribution in [2.45, 2.75) is 50.6 Å². The summed E-state index contributed by atoms with van der Waals surface area (Å²) in [4.78, 5) is 50.3. The molecule has 214 valence electrons. The predicted molar refractivity (Wildman–Crippen MR) is 151 cm³/mol. The first kappa shape index (κ1) is 30.4. The number of hydrogen-bond acceptors (Lipinski definition) is 7. The molecule has 3 amide bonds. The summed E-state index contributed by atoms with van der Waals surface area (Å²) in [7, 11) is 0. The number of alkyl carbamates (subject to hydrolysis) is 1. The van der Waals surface area contributed by atoms with Gasteiger partial charge in [-0.25, -0.2) is 4.79 Å². The Hall–Kier alpha value is -4.18. The number of nitrogens with one attached hydrogen (secondary N) is 3. The molecule has 0 spiro atoms. The lowest BCUT2D eigenvalue weighted by molar-refractivity contribution is -0.143. The van der Waals surface area contributed by atoms with Crippen molar-refractivity contribution < 1.29 is 28.7 Å². The third-order valence-corrected chi connectivity index (χ3v) is 6.65. The van der Waals surface area contributed by atoms with E-state index in [1.165, 1.54) is 6.08 Å². The highest BCUT2D eigenvalue weighted by atomic mass is 16.5. The van der Waals surface area contributed by atoms with Crippen molar-refractivity contribution in [1.82, 2.24) is 16.0 Å². The third kappa shape index (κ3) is 8.16. The van der Waals surface area contributed by atoms with E-state index in [-0.39, 0.29) is 32.1 Å². The van der Waals surface area contributed by atoms with E-state index >= 15 is 0 Å². The molecule has 5 N–H and O–H groups in total. The Balaban J connectivity index is 1.61. The maximum Gasteiger partial charge on any atom is 0.407 e. The molecule has 3 rings (SSSR count). The van der Waals surface area contributed by atoms with Crippen LogP contribution in [0.5, 0.6) is 0 Å². The molecule has 0 heterocycles. The molecule has 0 fully saturated rings. The molecule has 0 aromatic heterocycles. The summed E-state index contributed by atoms with van der Waals surface area (Å²) in [6, 6.07) is 14.1. The highest BCUT2D eigenvalue weighted by Gasteiger charge is 2.30. The van der Waals surface area contributed by atoms with Crippen molar-refractivity contribution in [3.05, 3.63) is 72.3 Å². The maximum absolute atomic E-state index is 13.1. The second-order valence-corrected chi connectivity index (χ2v) is 9.42. The van der Waals surface area contributed by atoms with Gasteiger partial charge in [-0.2, -0.15) is 0 Å². The Morgan fingerprint density at radius 3 is 2.17 bits per heavy atom. The van der Waals surface area contributed by atoms with Gasteiger partial charge in [0.15, 0.2) is 0 Å². The maximum atomic E-state index is 13.1. The van der Waals surface area contributed by atoms with E-state index in [0.29, 0.717) is 25.8 Å². The lowest BCUT2D eigenvalue weighted by atomic mass is 9.98. The molecule has 0 saturated heterocycles. The average molecular weight is 551 g/mol. The summed E-state index contributed by atoms with van der Waals surface area (Å²) >= 11 is 0. The van der Waals surface area contributed by atoms with Crippen molar-refractivity contribution in [3.8, 4) is 11.1 Å². The zero-order valence-corrected chi connectivity index (χ0v) is 22.8. The molecule has 0 bridgehead atoms. The Morgan fingerprint density at radius 1 is 0.925 bits per heavy atom. The number of fused-ring (bicyclic) bond motifs is 3. The Kier molecular flexibility index (Phi) is 11.7. The normalized spacial score (nSPS) is 13.2. The average Bonchev–Trinajstić information content (AvgIpc) is 3.28. The van der Waals surface area contributed by atoms with Gasteiger partial charge >= 0.3 is 12.1 Å². The van der Waals surface area contributed by atoms with Crippen LogP contribution in [0, 0.1) is 0 Å². The molecule has 0 saturated carbocycles. The molecule has 0 radical (unpaired) electrons. The van der Waals surface area contributed by atoms with Crippen LogP contribution < -0.4 is 21.7 Å². The molecule has 2 atom stereocenters. The zero-order valence-electron chi connectivity index (χ0n) is 22.8. The number of ether oxygens (including phenoxy) is 2. The fourth-order valence-corrected chi connectivity index (χ4v) is 4.71. The molecule has 0 unspecified atom stereocenters. The number of unbranched alkanes of at least 4 members (excludes halogenated alkanes) is 1. The smallest absolute Gasteiger partial charge is 0.407 e. The largest absolute Gasteiger partial charge is 0.465 e. The molecule has 2 aromatic carbocycles. The van der Waals surface area contributed by atoms with E-state index in [9.17, 15) is 19.2 Å². The molecule has 1 aliphatic carbocycles. The van der Waals surface area contributed by atoms with Crippen LogP contribution >= 0.6 is 0 Å². The van der Waals surface area contributed by atoms with Crippen molar-refractivity contribution in [1.29, 1.82) is 0 Å². The fraction of sp³-hybridized carbons (Fsp3) is 0.400. The molecule has 1 aliphatic rings. The molecule has 40 heavy (non-hydrogen) atoms. The number of esters is 1. The third-order valence-electron chi connectivity index (χ3n) is 6.65. The van der Waals surface area contributed by atoms with Crippen LogP contribution in [0.2, 0.25) is 0 Å². The molecule has 2 aromatic rings.